The summed E-state index contributed by atoms with van der Waals surface area (Å²) in [6.45, 7) is 7.15. The molecule has 0 aliphatic carbocycles. The molecule has 120 valence electrons. The first-order chi connectivity index (χ1) is 11.1. The topological polar surface area (TPSA) is 54.3 Å². The lowest BCUT2D eigenvalue weighted by Gasteiger charge is -2.34. The van der Waals surface area contributed by atoms with Crippen molar-refractivity contribution in [2.24, 2.45) is 0 Å². The fourth-order valence-corrected chi connectivity index (χ4v) is 3.60. The van der Waals surface area contributed by atoms with Crippen molar-refractivity contribution >= 4 is 11.6 Å². The summed E-state index contributed by atoms with van der Waals surface area (Å²) in [5, 5.41) is 8.36. The second kappa shape index (κ2) is 5.45. The maximum absolute atomic E-state index is 13.0. The SMILES string of the molecule is Cc1nnc2n1CCN(C(C)C(=O)N1CCc3ccccc31)C2. The Labute approximate surface area is 135 Å². The Bertz CT molecular complexity index is 753. The van der Waals surface area contributed by atoms with Crippen LogP contribution in [-0.4, -0.2) is 44.7 Å². The van der Waals surface area contributed by atoms with Crippen LogP contribution in [0.3, 0.4) is 0 Å². The van der Waals surface area contributed by atoms with E-state index in [1.54, 1.807) is 0 Å². The highest BCUT2D eigenvalue weighted by molar-refractivity contribution is 5.98. The number of hydrogen-bond acceptors (Lipinski definition) is 4. The van der Waals surface area contributed by atoms with Crippen LogP contribution in [0.15, 0.2) is 24.3 Å². The molecule has 6 heteroatoms. The predicted molar refractivity (Wildman–Crippen MR) is 87.1 cm³/mol. The molecule has 0 saturated heterocycles. The van der Waals surface area contributed by atoms with Gasteiger partial charge in [0.1, 0.15) is 11.6 Å². The van der Waals surface area contributed by atoms with E-state index in [2.05, 4.69) is 25.7 Å². The van der Waals surface area contributed by atoms with E-state index in [1.165, 1.54) is 5.56 Å². The molecular weight excluding hydrogens is 290 g/mol. The third-order valence-electron chi connectivity index (χ3n) is 5.03. The molecule has 1 aromatic heterocycles. The van der Waals surface area contributed by atoms with Crippen LogP contribution < -0.4 is 4.90 Å². The van der Waals surface area contributed by atoms with Crippen molar-refractivity contribution < 1.29 is 4.79 Å². The molecule has 1 atom stereocenters. The van der Waals surface area contributed by atoms with Gasteiger partial charge in [0.05, 0.1) is 12.6 Å². The molecule has 1 aromatic carbocycles. The van der Waals surface area contributed by atoms with E-state index in [9.17, 15) is 4.79 Å². The normalized spacial score (nSPS) is 18.6. The largest absolute Gasteiger partial charge is 0.313 e. The molecule has 4 rings (SSSR count). The molecule has 0 spiro atoms. The summed E-state index contributed by atoms with van der Waals surface area (Å²) in [6, 6.07) is 8.05. The first-order valence-electron chi connectivity index (χ1n) is 8.17. The number of fused-ring (bicyclic) bond motifs is 2. The Kier molecular flexibility index (Phi) is 3.41. The number of aryl methyl sites for hydroxylation is 1. The number of carbonyl (C=O) groups excluding carboxylic acids is 1. The second-order valence-electron chi connectivity index (χ2n) is 6.33. The number of rotatable bonds is 2. The van der Waals surface area contributed by atoms with Gasteiger partial charge in [-0.05, 0) is 31.9 Å². The highest BCUT2D eigenvalue weighted by Gasteiger charge is 2.33. The molecular formula is C17H21N5O. The highest BCUT2D eigenvalue weighted by Crippen LogP contribution is 2.29. The maximum atomic E-state index is 13.0. The van der Waals surface area contributed by atoms with Gasteiger partial charge in [0.2, 0.25) is 5.91 Å². The van der Waals surface area contributed by atoms with E-state index in [1.807, 2.05) is 36.9 Å². The van der Waals surface area contributed by atoms with Crippen LogP contribution in [0.4, 0.5) is 5.69 Å². The van der Waals surface area contributed by atoms with Crippen LogP contribution in [0.25, 0.3) is 0 Å². The fraction of sp³-hybridized carbons (Fsp3) is 0.471. The molecule has 0 fully saturated rings. The lowest BCUT2D eigenvalue weighted by Crippen LogP contribution is -2.49. The Morgan fingerprint density at radius 2 is 2.00 bits per heavy atom. The number of hydrogen-bond donors (Lipinski definition) is 0. The molecule has 0 saturated carbocycles. The summed E-state index contributed by atoms with van der Waals surface area (Å²) in [4.78, 5) is 17.1. The van der Waals surface area contributed by atoms with Crippen molar-refractivity contribution in [3.05, 3.63) is 41.5 Å². The van der Waals surface area contributed by atoms with E-state index in [0.29, 0.717) is 6.54 Å². The molecule has 23 heavy (non-hydrogen) atoms. The van der Waals surface area contributed by atoms with Crippen molar-refractivity contribution in [3.63, 3.8) is 0 Å². The van der Waals surface area contributed by atoms with Gasteiger partial charge in [0, 0.05) is 25.3 Å². The monoisotopic (exact) mass is 311 g/mol. The second-order valence-corrected chi connectivity index (χ2v) is 6.33. The summed E-state index contributed by atoms with van der Waals surface area (Å²) in [5.41, 5.74) is 2.34. The molecule has 6 nitrogen and oxygen atoms in total. The number of amides is 1. The average Bonchev–Trinajstić information content (AvgIpc) is 3.17. The first kappa shape index (κ1) is 14.4. The van der Waals surface area contributed by atoms with Gasteiger partial charge in [-0.25, -0.2) is 0 Å². The standard InChI is InChI=1S/C17H21N5O/c1-12(20-9-10-21-13(2)18-19-16(21)11-20)17(23)22-8-7-14-5-3-4-6-15(14)22/h3-6,12H,7-11H2,1-2H3. The smallest absolute Gasteiger partial charge is 0.244 e. The van der Waals surface area contributed by atoms with Gasteiger partial charge in [0.25, 0.3) is 0 Å². The van der Waals surface area contributed by atoms with Crippen LogP contribution >= 0.6 is 0 Å². The lowest BCUT2D eigenvalue weighted by molar-refractivity contribution is -0.123. The van der Waals surface area contributed by atoms with E-state index in [0.717, 1.165) is 43.4 Å². The quantitative estimate of drug-likeness (QED) is 0.841. The van der Waals surface area contributed by atoms with Gasteiger partial charge in [0.15, 0.2) is 0 Å². The number of benzene rings is 1. The van der Waals surface area contributed by atoms with Crippen molar-refractivity contribution in [2.45, 2.75) is 39.4 Å². The number of carbonyl (C=O) groups is 1. The minimum Gasteiger partial charge on any atom is -0.313 e. The minimum atomic E-state index is -0.146. The Morgan fingerprint density at radius 3 is 2.87 bits per heavy atom. The van der Waals surface area contributed by atoms with Crippen LogP contribution in [0, 0.1) is 6.92 Å². The van der Waals surface area contributed by atoms with Crippen molar-refractivity contribution in [2.75, 3.05) is 18.0 Å². The third-order valence-corrected chi connectivity index (χ3v) is 5.03. The van der Waals surface area contributed by atoms with E-state index in [4.69, 9.17) is 0 Å². The van der Waals surface area contributed by atoms with Crippen molar-refractivity contribution in [1.29, 1.82) is 0 Å². The first-order valence-corrected chi connectivity index (χ1v) is 8.17. The lowest BCUT2D eigenvalue weighted by atomic mass is 10.1. The number of aromatic nitrogens is 3. The molecule has 2 aliphatic heterocycles. The van der Waals surface area contributed by atoms with Gasteiger partial charge in [-0.15, -0.1) is 10.2 Å². The van der Waals surface area contributed by atoms with Gasteiger partial charge in [-0.2, -0.15) is 0 Å². The van der Waals surface area contributed by atoms with Crippen LogP contribution in [0.1, 0.15) is 24.1 Å². The van der Waals surface area contributed by atoms with E-state index < -0.39 is 0 Å². The number of para-hydroxylation sites is 1. The van der Waals surface area contributed by atoms with Gasteiger partial charge >= 0.3 is 0 Å². The third kappa shape index (κ3) is 2.34. The van der Waals surface area contributed by atoms with E-state index >= 15 is 0 Å². The highest BCUT2D eigenvalue weighted by atomic mass is 16.2. The Morgan fingerprint density at radius 1 is 1.17 bits per heavy atom. The summed E-state index contributed by atoms with van der Waals surface area (Å²) in [5.74, 6) is 2.09. The van der Waals surface area contributed by atoms with Gasteiger partial charge < -0.3 is 9.47 Å². The molecule has 0 radical (unpaired) electrons. The molecule has 2 aliphatic rings. The molecule has 1 amide bonds. The van der Waals surface area contributed by atoms with Crippen LogP contribution in [-0.2, 0) is 24.3 Å². The van der Waals surface area contributed by atoms with E-state index in [-0.39, 0.29) is 11.9 Å². The zero-order valence-electron chi connectivity index (χ0n) is 13.6. The summed E-state index contributed by atoms with van der Waals surface area (Å²) < 4.78 is 2.14. The van der Waals surface area contributed by atoms with Crippen LogP contribution in [0.5, 0.6) is 0 Å². The summed E-state index contributed by atoms with van der Waals surface area (Å²) >= 11 is 0. The molecule has 3 heterocycles. The summed E-state index contributed by atoms with van der Waals surface area (Å²) in [7, 11) is 0. The fourth-order valence-electron chi connectivity index (χ4n) is 3.60. The van der Waals surface area contributed by atoms with Gasteiger partial charge in [-0.3, -0.25) is 9.69 Å². The molecule has 0 N–H and O–H groups in total. The zero-order chi connectivity index (χ0) is 16.0. The number of anilines is 1. The van der Waals surface area contributed by atoms with Crippen LogP contribution in [0.2, 0.25) is 0 Å². The average molecular weight is 311 g/mol. The predicted octanol–water partition coefficient (Wildman–Crippen LogP) is 1.38. The Hall–Kier alpha value is -2.21. The van der Waals surface area contributed by atoms with Crippen molar-refractivity contribution in [3.8, 4) is 0 Å². The summed E-state index contributed by atoms with van der Waals surface area (Å²) in [6.07, 6.45) is 0.947. The van der Waals surface area contributed by atoms with Crippen molar-refractivity contribution in [1.82, 2.24) is 19.7 Å². The number of nitrogens with zero attached hydrogens (tertiary/aromatic N) is 5. The minimum absolute atomic E-state index is 0.146. The molecule has 0 bridgehead atoms. The van der Waals surface area contributed by atoms with Gasteiger partial charge in [-0.1, -0.05) is 18.2 Å². The Balaban J connectivity index is 1.52. The maximum Gasteiger partial charge on any atom is 0.244 e. The molecule has 2 aromatic rings. The zero-order valence-corrected chi connectivity index (χ0v) is 13.6. The molecule has 1 unspecified atom stereocenters.